The molecule has 0 spiro atoms. The summed E-state index contributed by atoms with van der Waals surface area (Å²) >= 11 is 1.63. The van der Waals surface area contributed by atoms with E-state index in [2.05, 4.69) is 40.4 Å². The van der Waals surface area contributed by atoms with Crippen molar-refractivity contribution >= 4 is 33.2 Å². The highest BCUT2D eigenvalue weighted by Crippen LogP contribution is 2.36. The molecule has 0 radical (unpaired) electrons. The molecule has 0 unspecified atom stereocenters. The minimum Gasteiger partial charge on any atom is -0.383 e. The quantitative estimate of drug-likeness (QED) is 0.671. The third kappa shape index (κ3) is 2.85. The highest BCUT2D eigenvalue weighted by atomic mass is 32.1. The van der Waals surface area contributed by atoms with Crippen LogP contribution in [0.15, 0.2) is 24.3 Å². The molecule has 0 saturated heterocycles. The Morgan fingerprint density at radius 1 is 1.33 bits per heavy atom. The van der Waals surface area contributed by atoms with Crippen LogP contribution in [0, 0.1) is 5.92 Å². The van der Waals surface area contributed by atoms with Crippen LogP contribution in [-0.4, -0.2) is 21.7 Å². The van der Waals surface area contributed by atoms with Gasteiger partial charge in [0, 0.05) is 6.54 Å². The first-order chi connectivity index (χ1) is 10.1. The Hall–Kier alpha value is -2.08. The van der Waals surface area contributed by atoms with Crippen molar-refractivity contribution in [2.75, 3.05) is 17.6 Å². The summed E-state index contributed by atoms with van der Waals surface area (Å²) in [7, 11) is 0. The molecule has 21 heavy (non-hydrogen) atoms. The van der Waals surface area contributed by atoms with E-state index in [1.54, 1.807) is 11.3 Å². The number of H-pyrrole nitrogens is 1. The number of nitrogens with one attached hydrogen (secondary N) is 2. The van der Waals surface area contributed by atoms with Gasteiger partial charge in [-0.25, -0.2) is 4.98 Å². The van der Waals surface area contributed by atoms with Crippen molar-refractivity contribution in [3.63, 3.8) is 0 Å². The molecule has 5 nitrogen and oxygen atoms in total. The summed E-state index contributed by atoms with van der Waals surface area (Å²) in [5, 5.41) is 11.4. The molecule has 1 aromatic carbocycles. The lowest BCUT2D eigenvalue weighted by Gasteiger charge is -2.06. The number of rotatable bonds is 5. The SMILES string of the molecule is CC(C)CCNc1n[nH]c(N)c1-c1nc2ccccc2s1. The van der Waals surface area contributed by atoms with Crippen LogP contribution in [0.5, 0.6) is 0 Å². The van der Waals surface area contributed by atoms with E-state index in [1.807, 2.05) is 18.2 Å². The Kier molecular flexibility index (Phi) is 3.79. The molecule has 2 aromatic heterocycles. The van der Waals surface area contributed by atoms with Gasteiger partial charge < -0.3 is 11.1 Å². The number of hydrogen-bond acceptors (Lipinski definition) is 5. The van der Waals surface area contributed by atoms with E-state index in [-0.39, 0.29) is 0 Å². The third-order valence-electron chi connectivity index (χ3n) is 3.32. The van der Waals surface area contributed by atoms with Crippen molar-refractivity contribution in [2.24, 2.45) is 5.92 Å². The monoisotopic (exact) mass is 301 g/mol. The van der Waals surface area contributed by atoms with Crippen LogP contribution in [0.2, 0.25) is 0 Å². The first-order valence-corrected chi connectivity index (χ1v) is 7.90. The molecule has 2 heterocycles. The Balaban J connectivity index is 1.92. The van der Waals surface area contributed by atoms with Crippen LogP contribution in [0.25, 0.3) is 20.8 Å². The average Bonchev–Trinajstić information content (AvgIpc) is 3.01. The number of anilines is 2. The largest absolute Gasteiger partial charge is 0.383 e. The molecular formula is C15H19N5S. The summed E-state index contributed by atoms with van der Waals surface area (Å²) in [5.41, 5.74) is 7.90. The van der Waals surface area contributed by atoms with Crippen LogP contribution in [0.4, 0.5) is 11.6 Å². The fourth-order valence-corrected chi connectivity index (χ4v) is 3.18. The van der Waals surface area contributed by atoms with Crippen molar-refractivity contribution in [3.05, 3.63) is 24.3 Å². The first kappa shape index (κ1) is 13.9. The average molecular weight is 301 g/mol. The van der Waals surface area contributed by atoms with E-state index in [1.165, 1.54) is 0 Å². The van der Waals surface area contributed by atoms with Crippen LogP contribution < -0.4 is 11.1 Å². The lowest BCUT2D eigenvalue weighted by molar-refractivity contribution is 0.606. The van der Waals surface area contributed by atoms with Gasteiger partial charge in [-0.3, -0.25) is 5.10 Å². The van der Waals surface area contributed by atoms with Gasteiger partial charge in [0.25, 0.3) is 0 Å². The maximum Gasteiger partial charge on any atom is 0.160 e. The summed E-state index contributed by atoms with van der Waals surface area (Å²) in [5.74, 6) is 1.99. The zero-order valence-electron chi connectivity index (χ0n) is 12.2. The number of benzene rings is 1. The maximum absolute atomic E-state index is 6.04. The highest BCUT2D eigenvalue weighted by molar-refractivity contribution is 7.21. The molecule has 0 aliphatic heterocycles. The minimum absolute atomic E-state index is 0.557. The smallest absolute Gasteiger partial charge is 0.160 e. The molecule has 0 bridgehead atoms. The predicted molar refractivity (Wildman–Crippen MR) is 89.6 cm³/mol. The van der Waals surface area contributed by atoms with Crippen molar-refractivity contribution in [3.8, 4) is 10.6 Å². The summed E-state index contributed by atoms with van der Waals surface area (Å²) in [6.45, 7) is 5.28. The number of fused-ring (bicyclic) bond motifs is 1. The van der Waals surface area contributed by atoms with Crippen LogP contribution in [0.1, 0.15) is 20.3 Å². The van der Waals surface area contributed by atoms with Crippen LogP contribution >= 0.6 is 11.3 Å². The number of hydrogen-bond donors (Lipinski definition) is 3. The number of aromatic amines is 1. The highest BCUT2D eigenvalue weighted by Gasteiger charge is 2.17. The van der Waals surface area contributed by atoms with Gasteiger partial charge in [-0.05, 0) is 24.5 Å². The minimum atomic E-state index is 0.557. The fourth-order valence-electron chi connectivity index (χ4n) is 2.16. The first-order valence-electron chi connectivity index (χ1n) is 7.09. The second kappa shape index (κ2) is 5.73. The second-order valence-corrected chi connectivity index (χ2v) is 6.49. The van der Waals surface area contributed by atoms with E-state index in [0.717, 1.165) is 39.6 Å². The normalized spacial score (nSPS) is 11.4. The number of para-hydroxylation sites is 1. The molecule has 0 amide bonds. The lowest BCUT2D eigenvalue weighted by Crippen LogP contribution is -2.05. The lowest BCUT2D eigenvalue weighted by atomic mass is 10.1. The van der Waals surface area contributed by atoms with Crippen LogP contribution in [0.3, 0.4) is 0 Å². The zero-order chi connectivity index (χ0) is 14.8. The summed E-state index contributed by atoms with van der Waals surface area (Å²) < 4.78 is 1.15. The Morgan fingerprint density at radius 2 is 2.14 bits per heavy atom. The molecule has 6 heteroatoms. The van der Waals surface area contributed by atoms with Gasteiger partial charge in [0.1, 0.15) is 10.8 Å². The molecule has 0 fully saturated rings. The standard InChI is InChI=1S/C15H19N5S/c1-9(2)7-8-17-14-12(13(16)19-20-14)15-18-10-5-3-4-6-11(10)21-15/h3-6,9H,7-8H2,1-2H3,(H4,16,17,19,20). The number of nitrogen functional groups attached to an aromatic ring is 1. The van der Waals surface area contributed by atoms with Gasteiger partial charge >= 0.3 is 0 Å². The van der Waals surface area contributed by atoms with Gasteiger partial charge in [0.2, 0.25) is 0 Å². The number of thiazole rings is 1. The molecule has 0 aliphatic carbocycles. The maximum atomic E-state index is 6.04. The van der Waals surface area contributed by atoms with Gasteiger partial charge in [-0.15, -0.1) is 11.3 Å². The van der Waals surface area contributed by atoms with E-state index in [4.69, 9.17) is 5.73 Å². The fraction of sp³-hybridized carbons (Fsp3) is 0.333. The molecule has 110 valence electrons. The van der Waals surface area contributed by atoms with E-state index < -0.39 is 0 Å². The van der Waals surface area contributed by atoms with E-state index >= 15 is 0 Å². The number of nitrogens with two attached hydrogens (primary N) is 1. The molecule has 0 saturated carbocycles. The zero-order valence-corrected chi connectivity index (χ0v) is 13.0. The van der Waals surface area contributed by atoms with Gasteiger partial charge in [0.05, 0.1) is 15.8 Å². The number of aromatic nitrogens is 3. The Morgan fingerprint density at radius 3 is 2.90 bits per heavy atom. The number of nitrogens with zero attached hydrogens (tertiary/aromatic N) is 2. The second-order valence-electron chi connectivity index (χ2n) is 5.46. The van der Waals surface area contributed by atoms with Crippen molar-refractivity contribution in [2.45, 2.75) is 20.3 Å². The Bertz CT molecular complexity index is 710. The summed E-state index contributed by atoms with van der Waals surface area (Å²) in [6.07, 6.45) is 1.09. The topological polar surface area (TPSA) is 79.6 Å². The van der Waals surface area contributed by atoms with Crippen LogP contribution in [-0.2, 0) is 0 Å². The van der Waals surface area contributed by atoms with Gasteiger partial charge in [-0.2, -0.15) is 5.10 Å². The third-order valence-corrected chi connectivity index (χ3v) is 4.37. The molecule has 4 N–H and O–H groups in total. The molecule has 0 aliphatic rings. The molecule has 3 rings (SSSR count). The van der Waals surface area contributed by atoms with Crippen molar-refractivity contribution in [1.82, 2.24) is 15.2 Å². The Labute approximate surface area is 127 Å². The molecule has 0 atom stereocenters. The van der Waals surface area contributed by atoms with Gasteiger partial charge in [-0.1, -0.05) is 26.0 Å². The van der Waals surface area contributed by atoms with Crippen molar-refractivity contribution in [1.29, 1.82) is 0 Å². The van der Waals surface area contributed by atoms with E-state index in [9.17, 15) is 0 Å². The van der Waals surface area contributed by atoms with E-state index in [0.29, 0.717) is 11.7 Å². The van der Waals surface area contributed by atoms with Crippen molar-refractivity contribution < 1.29 is 0 Å². The summed E-state index contributed by atoms with van der Waals surface area (Å²) in [4.78, 5) is 4.66. The summed E-state index contributed by atoms with van der Waals surface area (Å²) in [6, 6.07) is 8.09. The molecular weight excluding hydrogens is 282 g/mol. The predicted octanol–water partition coefficient (Wildman–Crippen LogP) is 3.73. The van der Waals surface area contributed by atoms with Gasteiger partial charge in [0.15, 0.2) is 5.82 Å². The molecule has 3 aromatic rings.